The van der Waals surface area contributed by atoms with Crippen LogP contribution in [0.25, 0.3) is 0 Å². The van der Waals surface area contributed by atoms with Gasteiger partial charge in [-0.3, -0.25) is 4.79 Å². The second-order valence-corrected chi connectivity index (χ2v) is 6.17. The van der Waals surface area contributed by atoms with E-state index in [1.54, 1.807) is 6.33 Å². The van der Waals surface area contributed by atoms with E-state index >= 15 is 0 Å². The molecule has 0 bridgehead atoms. The van der Waals surface area contributed by atoms with Crippen molar-refractivity contribution in [3.05, 3.63) is 41.7 Å². The van der Waals surface area contributed by atoms with E-state index in [2.05, 4.69) is 33.7 Å². The maximum Gasteiger partial charge on any atom is 0.230 e. The summed E-state index contributed by atoms with van der Waals surface area (Å²) in [5, 5.41) is 11.7. The van der Waals surface area contributed by atoms with E-state index in [0.29, 0.717) is 5.75 Å². The summed E-state index contributed by atoms with van der Waals surface area (Å²) < 4.78 is 1.81. The monoisotopic (exact) mass is 302 g/mol. The van der Waals surface area contributed by atoms with Crippen LogP contribution >= 0.6 is 11.8 Å². The van der Waals surface area contributed by atoms with Crippen molar-refractivity contribution in [1.82, 2.24) is 20.1 Å². The largest absolute Gasteiger partial charge is 0.349 e. The molecule has 1 heterocycles. The molecule has 0 fully saturated rings. The molecule has 110 valence electrons. The molecule has 5 nitrogen and oxygen atoms in total. The second-order valence-electron chi connectivity index (χ2n) is 5.22. The number of carbonyl (C=O) groups is 1. The van der Waals surface area contributed by atoms with Crippen molar-refractivity contribution in [3.63, 3.8) is 0 Å². The Kier molecular flexibility index (Phi) is 4.24. The topological polar surface area (TPSA) is 59.8 Å². The third kappa shape index (κ3) is 3.26. The SMILES string of the molecule is Cn1cnnc1SCC(=O)N[C@@H]1CCCc2ccccc21. The highest BCUT2D eigenvalue weighted by Crippen LogP contribution is 2.29. The minimum atomic E-state index is 0.0460. The van der Waals surface area contributed by atoms with E-state index in [1.165, 1.54) is 22.9 Å². The summed E-state index contributed by atoms with van der Waals surface area (Å²) in [5.74, 6) is 0.412. The van der Waals surface area contributed by atoms with Gasteiger partial charge < -0.3 is 9.88 Å². The Bertz CT molecular complexity index is 640. The van der Waals surface area contributed by atoms with Crippen LogP contribution in [-0.4, -0.2) is 26.4 Å². The number of nitrogens with one attached hydrogen (secondary N) is 1. The van der Waals surface area contributed by atoms with Crippen LogP contribution in [0.3, 0.4) is 0 Å². The van der Waals surface area contributed by atoms with E-state index in [1.807, 2.05) is 17.7 Å². The number of thioether (sulfide) groups is 1. The van der Waals surface area contributed by atoms with Gasteiger partial charge in [0.2, 0.25) is 5.91 Å². The third-order valence-electron chi connectivity index (χ3n) is 3.71. The van der Waals surface area contributed by atoms with Crippen LogP contribution in [0.15, 0.2) is 35.7 Å². The molecular weight excluding hydrogens is 284 g/mol. The first-order chi connectivity index (χ1) is 10.2. The predicted molar refractivity (Wildman–Crippen MR) is 82.0 cm³/mol. The molecule has 1 aliphatic rings. The highest BCUT2D eigenvalue weighted by molar-refractivity contribution is 7.99. The molecule has 0 saturated heterocycles. The van der Waals surface area contributed by atoms with E-state index in [0.717, 1.165) is 24.4 Å². The van der Waals surface area contributed by atoms with Crippen LogP contribution in [0.5, 0.6) is 0 Å². The number of carbonyl (C=O) groups excluding carboxylic acids is 1. The first-order valence-electron chi connectivity index (χ1n) is 7.08. The minimum absolute atomic E-state index is 0.0460. The van der Waals surface area contributed by atoms with Crippen molar-refractivity contribution >= 4 is 17.7 Å². The zero-order chi connectivity index (χ0) is 14.7. The molecule has 0 aliphatic heterocycles. The Hall–Kier alpha value is -1.82. The number of nitrogens with zero attached hydrogens (tertiary/aromatic N) is 3. The lowest BCUT2D eigenvalue weighted by Gasteiger charge is -2.26. The summed E-state index contributed by atoms with van der Waals surface area (Å²) in [5.41, 5.74) is 2.62. The summed E-state index contributed by atoms with van der Waals surface area (Å²) in [4.78, 5) is 12.1. The van der Waals surface area contributed by atoms with Gasteiger partial charge in [0.15, 0.2) is 5.16 Å². The van der Waals surface area contributed by atoms with Gasteiger partial charge in [0.1, 0.15) is 6.33 Å². The molecule has 0 saturated carbocycles. The fraction of sp³-hybridized carbons (Fsp3) is 0.400. The molecule has 0 unspecified atom stereocenters. The van der Waals surface area contributed by atoms with E-state index < -0.39 is 0 Å². The number of hydrogen-bond donors (Lipinski definition) is 1. The van der Waals surface area contributed by atoms with Gasteiger partial charge in [-0.05, 0) is 30.4 Å². The number of benzene rings is 1. The summed E-state index contributed by atoms with van der Waals surface area (Å²) in [6.45, 7) is 0. The van der Waals surface area contributed by atoms with Gasteiger partial charge in [0, 0.05) is 7.05 Å². The Labute approximate surface area is 128 Å². The third-order valence-corrected chi connectivity index (χ3v) is 4.74. The van der Waals surface area contributed by atoms with Gasteiger partial charge in [-0.2, -0.15) is 0 Å². The van der Waals surface area contributed by atoms with Crippen molar-refractivity contribution < 1.29 is 4.79 Å². The maximum absolute atomic E-state index is 12.1. The molecule has 1 atom stereocenters. The van der Waals surface area contributed by atoms with Crippen molar-refractivity contribution in [2.45, 2.75) is 30.5 Å². The molecule has 3 rings (SSSR count). The number of rotatable bonds is 4. The van der Waals surface area contributed by atoms with Crippen LogP contribution in [0.4, 0.5) is 0 Å². The lowest BCUT2D eigenvalue weighted by atomic mass is 9.88. The molecule has 1 aliphatic carbocycles. The van der Waals surface area contributed by atoms with Gasteiger partial charge in [-0.25, -0.2) is 0 Å². The van der Waals surface area contributed by atoms with Crippen molar-refractivity contribution in [3.8, 4) is 0 Å². The first kappa shape index (κ1) is 14.1. The second kappa shape index (κ2) is 6.30. The number of hydrogen-bond acceptors (Lipinski definition) is 4. The van der Waals surface area contributed by atoms with Gasteiger partial charge in [0.25, 0.3) is 0 Å². The Morgan fingerprint density at radius 2 is 2.33 bits per heavy atom. The molecule has 21 heavy (non-hydrogen) atoms. The number of aromatic nitrogens is 3. The Morgan fingerprint density at radius 3 is 3.14 bits per heavy atom. The maximum atomic E-state index is 12.1. The lowest BCUT2D eigenvalue weighted by Crippen LogP contribution is -2.32. The lowest BCUT2D eigenvalue weighted by molar-refractivity contribution is -0.119. The normalized spacial score (nSPS) is 17.3. The smallest absolute Gasteiger partial charge is 0.230 e. The van der Waals surface area contributed by atoms with Crippen molar-refractivity contribution in [2.75, 3.05) is 5.75 Å². The first-order valence-corrected chi connectivity index (χ1v) is 8.06. The summed E-state index contributed by atoms with van der Waals surface area (Å²) in [6, 6.07) is 8.52. The van der Waals surface area contributed by atoms with Gasteiger partial charge in [0.05, 0.1) is 11.8 Å². The highest BCUT2D eigenvalue weighted by atomic mass is 32.2. The van der Waals surface area contributed by atoms with Crippen LogP contribution < -0.4 is 5.32 Å². The fourth-order valence-corrected chi connectivity index (χ4v) is 3.37. The Balaban J connectivity index is 1.60. The average Bonchev–Trinajstić information content (AvgIpc) is 2.91. The number of aryl methyl sites for hydroxylation is 2. The number of fused-ring (bicyclic) bond motifs is 1. The zero-order valence-corrected chi connectivity index (χ0v) is 12.8. The highest BCUT2D eigenvalue weighted by Gasteiger charge is 2.21. The molecule has 1 amide bonds. The molecule has 0 spiro atoms. The zero-order valence-electron chi connectivity index (χ0n) is 12.0. The number of amides is 1. The standard InChI is InChI=1S/C15H18N4OS/c1-19-10-16-18-15(19)21-9-14(20)17-13-8-4-6-11-5-2-3-7-12(11)13/h2-3,5,7,10,13H,4,6,8-9H2,1H3,(H,17,20)/t13-/m1/s1. The molecule has 2 aromatic rings. The predicted octanol–water partition coefficient (Wildman–Crippen LogP) is 2.10. The van der Waals surface area contributed by atoms with Gasteiger partial charge in [-0.1, -0.05) is 36.0 Å². The van der Waals surface area contributed by atoms with Crippen LogP contribution in [0.1, 0.15) is 30.0 Å². The van der Waals surface area contributed by atoms with E-state index in [4.69, 9.17) is 0 Å². The van der Waals surface area contributed by atoms with E-state index in [9.17, 15) is 4.79 Å². The summed E-state index contributed by atoms with van der Waals surface area (Å²) in [7, 11) is 1.87. The van der Waals surface area contributed by atoms with Crippen molar-refractivity contribution in [2.24, 2.45) is 7.05 Å². The average molecular weight is 302 g/mol. The molecule has 0 radical (unpaired) electrons. The molecule has 1 N–H and O–H groups in total. The van der Waals surface area contributed by atoms with E-state index in [-0.39, 0.29) is 11.9 Å². The van der Waals surface area contributed by atoms with Crippen LogP contribution in [-0.2, 0) is 18.3 Å². The van der Waals surface area contributed by atoms with Crippen LogP contribution in [0, 0.1) is 0 Å². The molecule has 6 heteroatoms. The summed E-state index contributed by atoms with van der Waals surface area (Å²) in [6.07, 6.45) is 4.88. The minimum Gasteiger partial charge on any atom is -0.349 e. The molecular formula is C15H18N4OS. The fourth-order valence-electron chi connectivity index (χ4n) is 2.67. The summed E-state index contributed by atoms with van der Waals surface area (Å²) >= 11 is 1.41. The quantitative estimate of drug-likeness (QED) is 0.879. The van der Waals surface area contributed by atoms with Crippen molar-refractivity contribution in [1.29, 1.82) is 0 Å². The van der Waals surface area contributed by atoms with Gasteiger partial charge in [-0.15, -0.1) is 10.2 Å². The Morgan fingerprint density at radius 1 is 1.48 bits per heavy atom. The molecule has 1 aromatic heterocycles. The van der Waals surface area contributed by atoms with Gasteiger partial charge >= 0.3 is 0 Å². The van der Waals surface area contributed by atoms with Crippen LogP contribution in [0.2, 0.25) is 0 Å². The molecule has 1 aromatic carbocycles.